The number of aromatic nitrogens is 4. The molecule has 0 amide bonds. The second kappa shape index (κ2) is 12.3. The number of rotatable bonds is 5. The molecule has 53 heavy (non-hydrogen) atoms. The van der Waals surface area contributed by atoms with Crippen molar-refractivity contribution in [1.82, 2.24) is 14.1 Å². The van der Waals surface area contributed by atoms with Gasteiger partial charge in [0.1, 0.15) is 0 Å². The van der Waals surface area contributed by atoms with Crippen LogP contribution in [0.5, 0.6) is 11.5 Å². The molecule has 3 aromatic heterocycles. The molecule has 0 aliphatic carbocycles. The standard InChI is InChI=1S/C35H29N4O.C12H8.Bi/c1-35(2,3)24-18-19-36-34(20-24)39-30-13-6-5-12-28(30)29-17-16-27(22-33(29)39)40-26-11-9-10-25(21-26)38-23-37(4)31-14-7-8-15-32(31)38;1-3-7-11(8-4-1)12-9-5-2-6-10-12;/h5-8,10-22H,1-4H3;1-7,9H;/i4D3;;. The first-order valence-electron chi connectivity index (χ1n) is 19.3. The second-order valence-electron chi connectivity index (χ2n) is 14.6. The first-order valence-corrected chi connectivity index (χ1v) is 23.0. The van der Waals surface area contributed by atoms with Crippen molar-refractivity contribution < 1.29 is 13.4 Å². The molecule has 0 fully saturated rings. The van der Waals surface area contributed by atoms with Crippen LogP contribution < -0.4 is 19.1 Å². The fraction of sp³-hybridized carbons (Fsp3) is 0.106. The zero-order valence-corrected chi connectivity index (χ0v) is 33.1. The van der Waals surface area contributed by atoms with Crippen molar-refractivity contribution >= 4 is 64.4 Å². The second-order valence-corrected chi connectivity index (χ2v) is 23.0. The van der Waals surface area contributed by atoms with Gasteiger partial charge in [0.15, 0.2) is 0 Å². The SMILES string of the molecule is [2H]C([2H])([2H])[n+]1[c-]n(-c2cc(Oc3ccc4c5ccccc5n(-c5cc(C(C)(C)C)ccn5)c4c3)c[c]([Bi]3[c]4ccccc4-c4cccc[c]43)c2)c2ccccc21. The normalized spacial score (nSPS) is 13.9. The molecule has 256 valence electrons. The van der Waals surface area contributed by atoms with Crippen LogP contribution in [-0.2, 0) is 12.4 Å². The molecule has 6 aromatic carbocycles. The van der Waals surface area contributed by atoms with E-state index in [0.717, 1.165) is 38.8 Å². The van der Waals surface area contributed by atoms with Gasteiger partial charge in [-0.3, -0.25) is 0 Å². The number of hydrogen-bond acceptors (Lipinski definition) is 2. The summed E-state index contributed by atoms with van der Waals surface area (Å²) in [5, 5.41) is 2.26. The van der Waals surface area contributed by atoms with Crippen molar-refractivity contribution in [3.8, 4) is 34.1 Å². The summed E-state index contributed by atoms with van der Waals surface area (Å²) in [6, 6.07) is 50.6. The van der Waals surface area contributed by atoms with E-state index in [1.165, 1.54) is 31.1 Å². The molecule has 10 rings (SSSR count). The predicted octanol–water partition coefficient (Wildman–Crippen LogP) is 8.33. The Kier molecular flexibility index (Phi) is 6.69. The Morgan fingerprint density at radius 2 is 1.38 bits per heavy atom. The molecule has 1 aliphatic rings. The van der Waals surface area contributed by atoms with Crippen molar-refractivity contribution in [3.05, 3.63) is 164 Å². The number of imidazole rings is 1. The average molecular weight is 886 g/mol. The Labute approximate surface area is 321 Å². The third kappa shape index (κ3) is 5.30. The molecule has 0 N–H and O–H groups in total. The number of aryl methyl sites for hydroxylation is 1. The Morgan fingerprint density at radius 3 is 2.15 bits per heavy atom. The Balaban J connectivity index is 1.17. The molecule has 1 aliphatic heterocycles. The molecule has 0 unspecified atom stereocenters. The van der Waals surface area contributed by atoms with Crippen molar-refractivity contribution in [2.75, 3.05) is 0 Å². The van der Waals surface area contributed by atoms with E-state index < -0.39 is 28.7 Å². The van der Waals surface area contributed by atoms with Crippen LogP contribution in [0.1, 0.15) is 30.4 Å². The van der Waals surface area contributed by atoms with E-state index in [9.17, 15) is 0 Å². The molecular formula is C47H37BiN4O. The summed E-state index contributed by atoms with van der Waals surface area (Å²) in [5.74, 6) is 2.23. The predicted molar refractivity (Wildman–Crippen MR) is 217 cm³/mol. The molecule has 6 heteroatoms. The van der Waals surface area contributed by atoms with Gasteiger partial charge in [-0.25, -0.2) is 0 Å². The minimum atomic E-state index is -2.87. The van der Waals surface area contributed by atoms with Gasteiger partial charge in [-0.1, -0.05) is 20.8 Å². The van der Waals surface area contributed by atoms with E-state index in [4.69, 9.17) is 13.8 Å². The van der Waals surface area contributed by atoms with Crippen LogP contribution in [0.15, 0.2) is 152 Å². The van der Waals surface area contributed by atoms with Crippen molar-refractivity contribution in [1.29, 1.82) is 0 Å². The fourth-order valence-corrected chi connectivity index (χ4v) is 18.1. The van der Waals surface area contributed by atoms with E-state index in [2.05, 4.69) is 141 Å². The average Bonchev–Trinajstić information content (AvgIpc) is 3.86. The summed E-state index contributed by atoms with van der Waals surface area (Å²) in [6.07, 6.45) is 5.10. The van der Waals surface area contributed by atoms with Crippen LogP contribution in [0.2, 0.25) is 0 Å². The van der Waals surface area contributed by atoms with Gasteiger partial charge in [0, 0.05) is 0 Å². The van der Waals surface area contributed by atoms with Gasteiger partial charge in [-0.15, -0.1) is 0 Å². The molecule has 5 nitrogen and oxygen atoms in total. The third-order valence-electron chi connectivity index (χ3n) is 10.3. The molecule has 0 atom stereocenters. The maximum atomic E-state index is 8.32. The monoisotopic (exact) mass is 885 g/mol. The quantitative estimate of drug-likeness (QED) is 0.0991. The van der Waals surface area contributed by atoms with Crippen LogP contribution in [0, 0.1) is 6.33 Å². The molecule has 0 spiro atoms. The van der Waals surface area contributed by atoms with Gasteiger partial charge in [-0.2, -0.15) is 0 Å². The minimum absolute atomic E-state index is 0.0378. The number of fused-ring (bicyclic) bond motifs is 7. The van der Waals surface area contributed by atoms with Gasteiger partial charge in [0.2, 0.25) is 0 Å². The number of benzene rings is 6. The molecule has 0 saturated heterocycles. The molecular weight excluding hydrogens is 846 g/mol. The number of ether oxygens (including phenoxy) is 1. The summed E-state index contributed by atoms with van der Waals surface area (Å²) < 4.78 is 41.3. The molecule has 9 aromatic rings. The van der Waals surface area contributed by atoms with Crippen LogP contribution in [0.3, 0.4) is 0 Å². The van der Waals surface area contributed by atoms with E-state index in [0.29, 0.717) is 17.0 Å². The summed E-state index contributed by atoms with van der Waals surface area (Å²) in [7, 11) is 0. The maximum absolute atomic E-state index is 8.32. The van der Waals surface area contributed by atoms with E-state index in [1.54, 1.807) is 0 Å². The van der Waals surface area contributed by atoms with Crippen LogP contribution in [0.4, 0.5) is 0 Å². The number of pyridine rings is 1. The Hall–Kier alpha value is -5.58. The zero-order chi connectivity index (χ0) is 38.3. The van der Waals surface area contributed by atoms with Crippen molar-refractivity contribution in [2.24, 2.45) is 6.98 Å². The van der Waals surface area contributed by atoms with Gasteiger partial charge >= 0.3 is 302 Å². The summed E-state index contributed by atoms with van der Waals surface area (Å²) in [6.45, 7) is 4.25. The summed E-state index contributed by atoms with van der Waals surface area (Å²) in [5.41, 5.74) is 7.99. The number of nitrogens with zero attached hydrogens (tertiary/aromatic N) is 4. The van der Waals surface area contributed by atoms with Gasteiger partial charge in [-0.05, 0) is 0 Å². The molecule has 0 radical (unpaired) electrons. The van der Waals surface area contributed by atoms with E-state index in [-0.39, 0.29) is 5.41 Å². The number of hydrogen-bond donors (Lipinski definition) is 0. The zero-order valence-electron chi connectivity index (χ0n) is 32.6. The summed E-state index contributed by atoms with van der Waals surface area (Å²) >= 11 is -2.87. The van der Waals surface area contributed by atoms with Gasteiger partial charge < -0.3 is 0 Å². The molecule has 4 heterocycles. The first-order chi connectivity index (χ1) is 27.0. The summed E-state index contributed by atoms with van der Waals surface area (Å²) in [4.78, 5) is 4.87. The van der Waals surface area contributed by atoms with Crippen LogP contribution in [0.25, 0.3) is 55.5 Å². The first kappa shape index (κ1) is 28.9. The van der Waals surface area contributed by atoms with Gasteiger partial charge in [0.05, 0.1) is 0 Å². The van der Waals surface area contributed by atoms with Crippen LogP contribution in [-0.4, -0.2) is 35.9 Å². The van der Waals surface area contributed by atoms with Crippen molar-refractivity contribution in [2.45, 2.75) is 26.2 Å². The molecule has 0 bridgehead atoms. The number of para-hydroxylation sites is 3. The molecule has 0 saturated carbocycles. The van der Waals surface area contributed by atoms with Gasteiger partial charge in [0.25, 0.3) is 0 Å². The van der Waals surface area contributed by atoms with Crippen LogP contribution >= 0.6 is 0 Å². The van der Waals surface area contributed by atoms with E-state index >= 15 is 0 Å². The Bertz CT molecular complexity index is 2970. The van der Waals surface area contributed by atoms with E-state index in [1.807, 2.05) is 47.2 Å². The topological polar surface area (TPSA) is 35.9 Å². The fourth-order valence-electron chi connectivity index (χ4n) is 7.74. The van der Waals surface area contributed by atoms with Crippen molar-refractivity contribution in [3.63, 3.8) is 0 Å². The Morgan fingerprint density at radius 1 is 0.679 bits per heavy atom. The third-order valence-corrected chi connectivity index (χ3v) is 20.0.